The van der Waals surface area contributed by atoms with Crippen molar-refractivity contribution in [1.82, 2.24) is 15.0 Å². The van der Waals surface area contributed by atoms with Gasteiger partial charge in [-0.3, -0.25) is 0 Å². The maximum atomic E-state index is 6.08. The molecule has 0 radical (unpaired) electrons. The predicted octanol–water partition coefficient (Wildman–Crippen LogP) is 1.36. The highest BCUT2D eigenvalue weighted by molar-refractivity contribution is 4.96. The van der Waals surface area contributed by atoms with E-state index in [0.717, 1.165) is 37.9 Å². The molecule has 96 valence electrons. The van der Waals surface area contributed by atoms with Gasteiger partial charge in [-0.1, -0.05) is 19.0 Å². The fraction of sp³-hybridized carbons (Fsp3) is 0.833. The molecule has 2 N–H and O–H groups in total. The Hall–Kier alpha value is -0.940. The van der Waals surface area contributed by atoms with E-state index in [2.05, 4.69) is 28.9 Å². The molecule has 1 atom stereocenters. The minimum Gasteiger partial charge on any atom is -0.339 e. The molecule has 1 aromatic rings. The first kappa shape index (κ1) is 12.5. The monoisotopic (exact) mass is 238 g/mol. The Morgan fingerprint density at radius 1 is 1.41 bits per heavy atom. The first-order valence-electron chi connectivity index (χ1n) is 6.53. The first-order valence-corrected chi connectivity index (χ1v) is 6.53. The number of nitrogens with two attached hydrogens (primary N) is 1. The molecular weight excluding hydrogens is 216 g/mol. The normalized spacial score (nSPS) is 17.6. The van der Waals surface area contributed by atoms with Crippen molar-refractivity contribution in [1.29, 1.82) is 0 Å². The second-order valence-electron chi connectivity index (χ2n) is 4.79. The van der Waals surface area contributed by atoms with Crippen LogP contribution in [0.4, 0.5) is 0 Å². The van der Waals surface area contributed by atoms with E-state index >= 15 is 0 Å². The molecule has 0 bridgehead atoms. The summed E-state index contributed by atoms with van der Waals surface area (Å²) < 4.78 is 5.23. The highest BCUT2D eigenvalue weighted by Crippen LogP contribution is 2.32. The second kappa shape index (κ2) is 5.60. The minimum absolute atomic E-state index is 0.147. The zero-order chi connectivity index (χ0) is 12.3. The van der Waals surface area contributed by atoms with Gasteiger partial charge in [0.1, 0.15) is 0 Å². The Balaban J connectivity index is 1.88. The Labute approximate surface area is 102 Å². The van der Waals surface area contributed by atoms with Gasteiger partial charge in [-0.2, -0.15) is 4.98 Å². The molecule has 2 rings (SSSR count). The lowest BCUT2D eigenvalue weighted by Gasteiger charge is -2.20. The molecule has 1 saturated carbocycles. The third kappa shape index (κ3) is 3.51. The average molecular weight is 238 g/mol. The third-order valence-corrected chi connectivity index (χ3v) is 3.32. The third-order valence-electron chi connectivity index (χ3n) is 3.32. The maximum absolute atomic E-state index is 6.08. The van der Waals surface area contributed by atoms with Crippen LogP contribution in [-0.4, -0.2) is 34.7 Å². The smallest absolute Gasteiger partial charge is 0.226 e. The Kier molecular flexibility index (Phi) is 4.12. The van der Waals surface area contributed by atoms with Crippen molar-refractivity contribution in [3.63, 3.8) is 0 Å². The number of rotatable bonds is 7. The second-order valence-corrected chi connectivity index (χ2v) is 4.79. The van der Waals surface area contributed by atoms with Gasteiger partial charge < -0.3 is 15.2 Å². The summed E-state index contributed by atoms with van der Waals surface area (Å²) in [7, 11) is 0. The number of hydrogen-bond acceptors (Lipinski definition) is 5. The van der Waals surface area contributed by atoms with Crippen LogP contribution in [0.15, 0.2) is 4.52 Å². The van der Waals surface area contributed by atoms with Crippen molar-refractivity contribution in [3.05, 3.63) is 11.7 Å². The van der Waals surface area contributed by atoms with Gasteiger partial charge in [-0.15, -0.1) is 0 Å². The Bertz CT molecular complexity index is 344. The molecule has 17 heavy (non-hydrogen) atoms. The maximum Gasteiger partial charge on any atom is 0.226 e. The van der Waals surface area contributed by atoms with Crippen LogP contribution in [0.25, 0.3) is 0 Å². The molecule has 0 aromatic carbocycles. The predicted molar refractivity (Wildman–Crippen MR) is 65.4 cm³/mol. The van der Waals surface area contributed by atoms with E-state index in [0.29, 0.717) is 5.82 Å². The molecule has 1 fully saturated rings. The van der Waals surface area contributed by atoms with Gasteiger partial charge in [0.2, 0.25) is 5.89 Å². The van der Waals surface area contributed by atoms with E-state index in [9.17, 15) is 0 Å². The molecule has 0 aliphatic heterocycles. The summed E-state index contributed by atoms with van der Waals surface area (Å²) in [5.74, 6) is 2.16. The summed E-state index contributed by atoms with van der Waals surface area (Å²) in [6.45, 7) is 7.04. The summed E-state index contributed by atoms with van der Waals surface area (Å²) in [6, 6.07) is -0.147. The van der Waals surface area contributed by atoms with Crippen LogP contribution in [0.1, 0.15) is 44.4 Å². The zero-order valence-electron chi connectivity index (χ0n) is 10.7. The first-order chi connectivity index (χ1) is 8.22. The van der Waals surface area contributed by atoms with Gasteiger partial charge in [0.25, 0.3) is 0 Å². The minimum atomic E-state index is -0.147. The van der Waals surface area contributed by atoms with E-state index in [-0.39, 0.29) is 6.04 Å². The quantitative estimate of drug-likeness (QED) is 0.777. The van der Waals surface area contributed by atoms with E-state index in [4.69, 9.17) is 10.3 Å². The van der Waals surface area contributed by atoms with E-state index in [1.807, 2.05) is 0 Å². The topological polar surface area (TPSA) is 68.2 Å². The molecule has 0 amide bonds. The lowest BCUT2D eigenvalue weighted by Crippen LogP contribution is -2.32. The summed E-state index contributed by atoms with van der Waals surface area (Å²) in [5, 5.41) is 3.98. The van der Waals surface area contributed by atoms with Crippen molar-refractivity contribution in [2.75, 3.05) is 19.6 Å². The van der Waals surface area contributed by atoms with Crippen molar-refractivity contribution in [2.45, 2.75) is 39.2 Å². The van der Waals surface area contributed by atoms with Gasteiger partial charge in [0.15, 0.2) is 5.82 Å². The van der Waals surface area contributed by atoms with Gasteiger partial charge in [0.05, 0.1) is 6.04 Å². The summed E-state index contributed by atoms with van der Waals surface area (Å²) in [6.07, 6.45) is 3.51. The van der Waals surface area contributed by atoms with Gasteiger partial charge in [-0.05, 0) is 31.8 Å². The number of likely N-dealkylation sites (N-methyl/N-ethyl adjacent to an activating group) is 1. The highest BCUT2D eigenvalue weighted by atomic mass is 16.5. The van der Waals surface area contributed by atoms with Crippen molar-refractivity contribution in [2.24, 2.45) is 11.7 Å². The molecular formula is C12H22N4O. The van der Waals surface area contributed by atoms with E-state index in [1.165, 1.54) is 12.8 Å². The lowest BCUT2D eigenvalue weighted by molar-refractivity contribution is 0.277. The van der Waals surface area contributed by atoms with Gasteiger partial charge in [-0.25, -0.2) is 0 Å². The molecule has 1 unspecified atom stereocenters. The summed E-state index contributed by atoms with van der Waals surface area (Å²) in [5.41, 5.74) is 6.08. The molecule has 0 saturated heterocycles. The number of hydrogen-bond donors (Lipinski definition) is 1. The molecule has 1 aliphatic carbocycles. The summed E-state index contributed by atoms with van der Waals surface area (Å²) in [4.78, 5) is 6.65. The highest BCUT2D eigenvalue weighted by Gasteiger charge is 2.25. The molecule has 1 aromatic heterocycles. The largest absolute Gasteiger partial charge is 0.339 e. The lowest BCUT2D eigenvalue weighted by atomic mass is 10.2. The van der Waals surface area contributed by atoms with Crippen molar-refractivity contribution in [3.8, 4) is 0 Å². The fourth-order valence-electron chi connectivity index (χ4n) is 1.91. The van der Waals surface area contributed by atoms with Gasteiger partial charge >= 0.3 is 0 Å². The molecule has 5 nitrogen and oxygen atoms in total. The Morgan fingerprint density at radius 2 is 2.12 bits per heavy atom. The summed E-state index contributed by atoms with van der Waals surface area (Å²) >= 11 is 0. The van der Waals surface area contributed by atoms with Crippen LogP contribution in [-0.2, 0) is 6.42 Å². The van der Waals surface area contributed by atoms with Crippen LogP contribution < -0.4 is 5.73 Å². The van der Waals surface area contributed by atoms with Crippen molar-refractivity contribution < 1.29 is 4.52 Å². The van der Waals surface area contributed by atoms with Gasteiger partial charge in [0, 0.05) is 13.0 Å². The fourth-order valence-corrected chi connectivity index (χ4v) is 1.91. The molecule has 1 heterocycles. The van der Waals surface area contributed by atoms with E-state index in [1.54, 1.807) is 0 Å². The van der Waals surface area contributed by atoms with Crippen LogP contribution in [0.2, 0.25) is 0 Å². The van der Waals surface area contributed by atoms with Crippen LogP contribution in [0.5, 0.6) is 0 Å². The molecule has 0 spiro atoms. The Morgan fingerprint density at radius 3 is 2.71 bits per heavy atom. The molecule has 1 aliphatic rings. The van der Waals surface area contributed by atoms with E-state index < -0.39 is 0 Å². The van der Waals surface area contributed by atoms with Crippen molar-refractivity contribution >= 4 is 0 Å². The van der Waals surface area contributed by atoms with Crippen LogP contribution in [0.3, 0.4) is 0 Å². The standard InChI is InChI=1S/C12H22N4O/c1-3-16(4-2)8-10(13)12-14-11(17-15-12)7-9-5-6-9/h9-10H,3-8,13H2,1-2H3. The molecule has 5 heteroatoms. The van der Waals surface area contributed by atoms with Crippen LogP contribution in [0, 0.1) is 5.92 Å². The average Bonchev–Trinajstić information content (AvgIpc) is 3.01. The number of aromatic nitrogens is 2. The van der Waals surface area contributed by atoms with Crippen LogP contribution >= 0.6 is 0 Å². The number of nitrogens with zero attached hydrogens (tertiary/aromatic N) is 3. The zero-order valence-corrected chi connectivity index (χ0v) is 10.7. The SMILES string of the molecule is CCN(CC)CC(N)c1noc(CC2CC2)n1.